The Bertz CT molecular complexity index is 595. The number of thioether (sulfide) groups is 2. The molecule has 1 aromatic rings. The molecule has 2 atom stereocenters. The standard InChI is InChI=1S/C20H29NO4S2/c1-4-25-20(24)18(12-13-26-3)21-19(23)17(14-27-15(2)22)11-10-16-8-6-5-7-9-16/h5-9,17-18H,4,10-14H2,1-3H3,(H,21,23)/t17-,18-/m0/s1. The molecule has 0 aromatic heterocycles. The highest BCUT2D eigenvalue weighted by Crippen LogP contribution is 2.17. The second-order valence-corrected chi connectivity index (χ2v) is 8.30. The monoisotopic (exact) mass is 411 g/mol. The molecule has 0 saturated carbocycles. The molecular weight excluding hydrogens is 382 g/mol. The van der Waals surface area contributed by atoms with E-state index in [1.165, 1.54) is 6.92 Å². The Morgan fingerprint density at radius 2 is 1.85 bits per heavy atom. The van der Waals surface area contributed by atoms with Crippen LogP contribution in [0.15, 0.2) is 30.3 Å². The lowest BCUT2D eigenvalue weighted by Crippen LogP contribution is -2.45. The molecule has 0 aliphatic carbocycles. The first-order valence-electron chi connectivity index (χ1n) is 9.11. The van der Waals surface area contributed by atoms with Gasteiger partial charge in [-0.15, -0.1) is 0 Å². The van der Waals surface area contributed by atoms with Gasteiger partial charge in [0.2, 0.25) is 5.91 Å². The summed E-state index contributed by atoms with van der Waals surface area (Å²) in [7, 11) is 0. The maximum absolute atomic E-state index is 12.8. The van der Waals surface area contributed by atoms with Crippen LogP contribution in [0.1, 0.15) is 32.3 Å². The van der Waals surface area contributed by atoms with E-state index in [2.05, 4.69) is 5.32 Å². The molecule has 150 valence electrons. The van der Waals surface area contributed by atoms with Crippen molar-refractivity contribution in [1.82, 2.24) is 5.32 Å². The van der Waals surface area contributed by atoms with Gasteiger partial charge in [-0.1, -0.05) is 42.1 Å². The topological polar surface area (TPSA) is 72.5 Å². The van der Waals surface area contributed by atoms with Crippen molar-refractivity contribution < 1.29 is 19.1 Å². The summed E-state index contributed by atoms with van der Waals surface area (Å²) in [5, 5.41) is 2.83. The van der Waals surface area contributed by atoms with E-state index >= 15 is 0 Å². The molecular formula is C20H29NO4S2. The van der Waals surface area contributed by atoms with Gasteiger partial charge in [0.1, 0.15) is 6.04 Å². The number of ether oxygens (including phenoxy) is 1. The third-order valence-corrected chi connectivity index (χ3v) is 5.60. The molecule has 0 aliphatic heterocycles. The molecule has 27 heavy (non-hydrogen) atoms. The molecule has 1 aromatic carbocycles. The van der Waals surface area contributed by atoms with Crippen LogP contribution in [0.2, 0.25) is 0 Å². The van der Waals surface area contributed by atoms with Crippen LogP contribution >= 0.6 is 23.5 Å². The van der Waals surface area contributed by atoms with Crippen LogP contribution in [0.5, 0.6) is 0 Å². The largest absolute Gasteiger partial charge is 0.464 e. The van der Waals surface area contributed by atoms with Crippen molar-refractivity contribution in [2.24, 2.45) is 5.92 Å². The maximum atomic E-state index is 12.8. The van der Waals surface area contributed by atoms with Gasteiger partial charge in [0.25, 0.3) is 0 Å². The summed E-state index contributed by atoms with van der Waals surface area (Å²) in [6.45, 7) is 3.52. The predicted molar refractivity (Wildman–Crippen MR) is 113 cm³/mol. The van der Waals surface area contributed by atoms with Gasteiger partial charge in [0.05, 0.1) is 6.61 Å². The molecule has 0 spiro atoms. The van der Waals surface area contributed by atoms with Crippen molar-refractivity contribution in [2.75, 3.05) is 24.4 Å². The minimum Gasteiger partial charge on any atom is -0.464 e. The Morgan fingerprint density at radius 1 is 1.15 bits per heavy atom. The van der Waals surface area contributed by atoms with Gasteiger partial charge >= 0.3 is 5.97 Å². The number of amides is 1. The lowest BCUT2D eigenvalue weighted by Gasteiger charge is -2.21. The molecule has 0 saturated heterocycles. The van der Waals surface area contributed by atoms with Crippen molar-refractivity contribution in [3.63, 3.8) is 0 Å². The van der Waals surface area contributed by atoms with Gasteiger partial charge in [-0.2, -0.15) is 11.8 Å². The third-order valence-electron chi connectivity index (χ3n) is 3.98. The SMILES string of the molecule is CCOC(=O)[C@H](CCSC)NC(=O)[C@@H](CCc1ccccc1)CSC(C)=O. The smallest absolute Gasteiger partial charge is 0.328 e. The molecule has 1 N–H and O–H groups in total. The Labute approximate surface area is 170 Å². The molecule has 0 aliphatic rings. The highest BCUT2D eigenvalue weighted by Gasteiger charge is 2.26. The van der Waals surface area contributed by atoms with Crippen LogP contribution in [-0.2, 0) is 25.5 Å². The van der Waals surface area contributed by atoms with Crippen LogP contribution in [0.4, 0.5) is 0 Å². The van der Waals surface area contributed by atoms with Gasteiger partial charge in [-0.25, -0.2) is 4.79 Å². The van der Waals surface area contributed by atoms with E-state index < -0.39 is 12.0 Å². The lowest BCUT2D eigenvalue weighted by molar-refractivity contribution is -0.147. The molecule has 1 amide bonds. The molecule has 7 heteroatoms. The van der Waals surface area contributed by atoms with Gasteiger partial charge in [-0.05, 0) is 43.8 Å². The van der Waals surface area contributed by atoms with E-state index in [1.54, 1.807) is 18.7 Å². The second-order valence-electron chi connectivity index (χ2n) is 6.12. The molecule has 1 rings (SSSR count). The van der Waals surface area contributed by atoms with Crippen LogP contribution < -0.4 is 5.32 Å². The van der Waals surface area contributed by atoms with E-state index in [0.717, 1.165) is 29.5 Å². The molecule has 0 radical (unpaired) electrons. The third kappa shape index (κ3) is 9.86. The Balaban J connectivity index is 2.75. The number of hydrogen-bond acceptors (Lipinski definition) is 6. The van der Waals surface area contributed by atoms with Crippen LogP contribution in [0.3, 0.4) is 0 Å². The summed E-state index contributed by atoms with van der Waals surface area (Å²) >= 11 is 2.76. The fraction of sp³-hybridized carbons (Fsp3) is 0.550. The van der Waals surface area contributed by atoms with Crippen molar-refractivity contribution in [3.8, 4) is 0 Å². The fourth-order valence-corrected chi connectivity index (χ4v) is 3.74. The summed E-state index contributed by atoms with van der Waals surface area (Å²) in [4.78, 5) is 36.3. The minimum absolute atomic E-state index is 0.0168. The number of nitrogens with one attached hydrogen (secondary N) is 1. The summed E-state index contributed by atoms with van der Waals surface area (Å²) in [6.07, 6.45) is 3.84. The number of hydrogen-bond donors (Lipinski definition) is 1. The Hall–Kier alpha value is -1.47. The van der Waals surface area contributed by atoms with Crippen molar-refractivity contribution in [2.45, 2.75) is 39.2 Å². The average molecular weight is 412 g/mol. The summed E-state index contributed by atoms with van der Waals surface area (Å²) < 4.78 is 5.09. The predicted octanol–water partition coefficient (Wildman–Crippen LogP) is 3.32. The van der Waals surface area contributed by atoms with Gasteiger partial charge in [0.15, 0.2) is 5.12 Å². The maximum Gasteiger partial charge on any atom is 0.328 e. The fourth-order valence-electron chi connectivity index (χ4n) is 2.51. The van der Waals surface area contributed by atoms with E-state index in [4.69, 9.17) is 4.74 Å². The highest BCUT2D eigenvalue weighted by molar-refractivity contribution is 8.13. The number of carbonyl (C=O) groups excluding carboxylic acids is 3. The zero-order chi connectivity index (χ0) is 20.1. The zero-order valence-electron chi connectivity index (χ0n) is 16.2. The number of benzene rings is 1. The van der Waals surface area contributed by atoms with E-state index in [0.29, 0.717) is 18.6 Å². The van der Waals surface area contributed by atoms with Gasteiger partial charge in [0, 0.05) is 18.6 Å². The summed E-state index contributed by atoms with van der Waals surface area (Å²) in [5.74, 6) is 0.220. The number of aryl methyl sites for hydroxylation is 1. The molecule has 0 fully saturated rings. The Kier molecular flexibility index (Phi) is 11.9. The minimum atomic E-state index is -0.647. The summed E-state index contributed by atoms with van der Waals surface area (Å²) in [5.41, 5.74) is 1.15. The van der Waals surface area contributed by atoms with Crippen molar-refractivity contribution in [3.05, 3.63) is 35.9 Å². The summed E-state index contributed by atoms with van der Waals surface area (Å²) in [6, 6.07) is 9.28. The number of carbonyl (C=O) groups is 3. The number of rotatable bonds is 12. The highest BCUT2D eigenvalue weighted by atomic mass is 32.2. The number of esters is 1. The first kappa shape index (κ1) is 23.6. The average Bonchev–Trinajstić information content (AvgIpc) is 2.65. The van der Waals surface area contributed by atoms with Crippen molar-refractivity contribution >= 4 is 40.5 Å². The van der Waals surface area contributed by atoms with Gasteiger partial charge < -0.3 is 10.1 Å². The van der Waals surface area contributed by atoms with Crippen LogP contribution in [0, 0.1) is 5.92 Å². The van der Waals surface area contributed by atoms with E-state index in [1.807, 2.05) is 36.6 Å². The van der Waals surface area contributed by atoms with Crippen LogP contribution in [-0.4, -0.2) is 47.4 Å². The van der Waals surface area contributed by atoms with Crippen LogP contribution in [0.25, 0.3) is 0 Å². The molecule has 0 bridgehead atoms. The molecule has 0 unspecified atom stereocenters. The zero-order valence-corrected chi connectivity index (χ0v) is 17.9. The van der Waals surface area contributed by atoms with Crippen molar-refractivity contribution in [1.29, 1.82) is 0 Å². The van der Waals surface area contributed by atoms with E-state index in [-0.39, 0.29) is 23.5 Å². The van der Waals surface area contributed by atoms with E-state index in [9.17, 15) is 14.4 Å². The molecule has 5 nitrogen and oxygen atoms in total. The second kappa shape index (κ2) is 13.7. The first-order valence-corrected chi connectivity index (χ1v) is 11.5. The quantitative estimate of drug-likeness (QED) is 0.532. The Morgan fingerprint density at radius 3 is 2.44 bits per heavy atom. The van der Waals surface area contributed by atoms with Gasteiger partial charge in [-0.3, -0.25) is 9.59 Å². The lowest BCUT2D eigenvalue weighted by atomic mass is 9.99. The normalized spacial score (nSPS) is 12.9. The molecule has 0 heterocycles. The first-order chi connectivity index (χ1) is 13.0.